The number of rotatable bonds is 6. The molecule has 0 radical (unpaired) electrons. The standard InChI is InChI=1S/C19H23ClN2O2S2/c1-14-11-25-18(21-14)26-12-17(24)22-8-6-19(13-23,7-9-22)10-15-4-2-3-5-16(15)20/h2-5,11,23H,6-10,12-13H2,1H3. The first kappa shape index (κ1) is 19.7. The van der Waals surface area contributed by atoms with Crippen LogP contribution in [0.25, 0.3) is 0 Å². The first-order valence-corrected chi connectivity index (χ1v) is 10.9. The average molecular weight is 411 g/mol. The SMILES string of the molecule is Cc1csc(SCC(=O)N2CCC(CO)(Cc3ccccc3Cl)CC2)n1. The van der Waals surface area contributed by atoms with Crippen LogP contribution in [0, 0.1) is 12.3 Å². The lowest BCUT2D eigenvalue weighted by atomic mass is 9.74. The normalized spacial score (nSPS) is 16.7. The second kappa shape index (κ2) is 8.74. The van der Waals surface area contributed by atoms with Gasteiger partial charge in [0.2, 0.25) is 5.91 Å². The minimum atomic E-state index is -0.193. The van der Waals surface area contributed by atoms with Gasteiger partial charge >= 0.3 is 0 Å². The van der Waals surface area contributed by atoms with Crippen LogP contribution in [0.3, 0.4) is 0 Å². The highest BCUT2D eigenvalue weighted by atomic mass is 35.5. The van der Waals surface area contributed by atoms with Crippen molar-refractivity contribution in [2.45, 2.75) is 30.5 Å². The van der Waals surface area contributed by atoms with E-state index in [1.54, 1.807) is 11.3 Å². The molecule has 0 bridgehead atoms. The molecule has 1 fully saturated rings. The number of benzene rings is 1. The Balaban J connectivity index is 1.54. The summed E-state index contributed by atoms with van der Waals surface area (Å²) in [6.07, 6.45) is 2.33. The molecule has 1 amide bonds. The van der Waals surface area contributed by atoms with Crippen molar-refractivity contribution in [3.63, 3.8) is 0 Å². The van der Waals surface area contributed by atoms with E-state index in [2.05, 4.69) is 4.98 Å². The Kier molecular flexibility index (Phi) is 6.61. The monoisotopic (exact) mass is 410 g/mol. The summed E-state index contributed by atoms with van der Waals surface area (Å²) in [7, 11) is 0. The number of carbonyl (C=O) groups is 1. The van der Waals surface area contributed by atoms with Crippen LogP contribution >= 0.6 is 34.7 Å². The maximum atomic E-state index is 12.5. The predicted molar refractivity (Wildman–Crippen MR) is 108 cm³/mol. The van der Waals surface area contributed by atoms with Gasteiger partial charge in [-0.3, -0.25) is 4.79 Å². The maximum absolute atomic E-state index is 12.5. The average Bonchev–Trinajstić information content (AvgIpc) is 3.07. The molecule has 1 saturated heterocycles. The Morgan fingerprint density at radius 1 is 1.38 bits per heavy atom. The number of hydrogen-bond acceptors (Lipinski definition) is 5. The number of aryl methyl sites for hydroxylation is 1. The third-order valence-corrected chi connectivity index (χ3v) is 7.44. The molecule has 0 saturated carbocycles. The van der Waals surface area contributed by atoms with E-state index in [9.17, 15) is 9.90 Å². The predicted octanol–water partition coefficient (Wildman–Crippen LogP) is 4.04. The van der Waals surface area contributed by atoms with Crippen LogP contribution in [-0.2, 0) is 11.2 Å². The molecule has 0 atom stereocenters. The van der Waals surface area contributed by atoms with E-state index in [0.29, 0.717) is 18.8 Å². The summed E-state index contributed by atoms with van der Waals surface area (Å²) in [4.78, 5) is 18.8. The summed E-state index contributed by atoms with van der Waals surface area (Å²) in [5.41, 5.74) is 1.87. The third kappa shape index (κ3) is 4.80. The molecule has 1 aromatic carbocycles. The van der Waals surface area contributed by atoms with E-state index in [1.807, 2.05) is 41.5 Å². The van der Waals surface area contributed by atoms with Crippen molar-refractivity contribution in [2.75, 3.05) is 25.4 Å². The Bertz CT molecular complexity index is 758. The number of carbonyl (C=O) groups excluding carboxylic acids is 1. The molecule has 1 aliphatic rings. The number of aliphatic hydroxyl groups is 1. The Morgan fingerprint density at radius 2 is 2.12 bits per heavy atom. The summed E-state index contributed by atoms with van der Waals surface area (Å²) in [6.45, 7) is 3.44. The number of nitrogens with zero attached hydrogens (tertiary/aromatic N) is 2. The van der Waals surface area contributed by atoms with Crippen LogP contribution in [0.1, 0.15) is 24.1 Å². The highest BCUT2D eigenvalue weighted by molar-refractivity contribution is 8.01. The molecule has 1 aromatic heterocycles. The van der Waals surface area contributed by atoms with Crippen molar-refractivity contribution in [2.24, 2.45) is 5.41 Å². The highest BCUT2D eigenvalue weighted by Gasteiger charge is 2.36. The summed E-state index contributed by atoms with van der Waals surface area (Å²) in [5, 5.41) is 12.8. The van der Waals surface area contributed by atoms with Crippen molar-refractivity contribution in [1.29, 1.82) is 0 Å². The molecule has 0 unspecified atom stereocenters. The summed E-state index contributed by atoms with van der Waals surface area (Å²) < 4.78 is 0.941. The molecule has 26 heavy (non-hydrogen) atoms. The van der Waals surface area contributed by atoms with Gasteiger partial charge in [0.1, 0.15) is 0 Å². The van der Waals surface area contributed by atoms with Gasteiger partial charge < -0.3 is 10.0 Å². The molecule has 1 aliphatic heterocycles. The molecule has 2 aromatic rings. The first-order valence-electron chi connectivity index (χ1n) is 8.68. The van der Waals surface area contributed by atoms with Gasteiger partial charge in [-0.25, -0.2) is 4.98 Å². The Morgan fingerprint density at radius 3 is 2.73 bits per heavy atom. The van der Waals surface area contributed by atoms with Crippen LogP contribution in [0.15, 0.2) is 34.0 Å². The van der Waals surface area contributed by atoms with Crippen molar-refractivity contribution in [3.8, 4) is 0 Å². The fourth-order valence-electron chi connectivity index (χ4n) is 3.28. The van der Waals surface area contributed by atoms with Crippen LogP contribution in [0.2, 0.25) is 5.02 Å². The van der Waals surface area contributed by atoms with Gasteiger partial charge in [0.15, 0.2) is 4.34 Å². The van der Waals surface area contributed by atoms with Crippen molar-refractivity contribution in [1.82, 2.24) is 9.88 Å². The van der Waals surface area contributed by atoms with Crippen LogP contribution < -0.4 is 0 Å². The van der Waals surface area contributed by atoms with Crippen LogP contribution in [0.5, 0.6) is 0 Å². The van der Waals surface area contributed by atoms with E-state index < -0.39 is 0 Å². The van der Waals surface area contributed by atoms with Gasteiger partial charge in [0.25, 0.3) is 0 Å². The molecule has 1 N–H and O–H groups in total. The zero-order chi connectivity index (χ0) is 18.6. The molecule has 7 heteroatoms. The molecular weight excluding hydrogens is 388 g/mol. The lowest BCUT2D eigenvalue weighted by molar-refractivity contribution is -0.131. The van der Waals surface area contributed by atoms with E-state index in [-0.39, 0.29) is 17.9 Å². The number of aromatic nitrogens is 1. The molecule has 4 nitrogen and oxygen atoms in total. The number of thiazole rings is 1. The van der Waals surface area contributed by atoms with Crippen molar-refractivity contribution >= 4 is 40.6 Å². The minimum absolute atomic E-state index is 0.118. The number of halogens is 1. The molecule has 2 heterocycles. The molecule has 140 valence electrons. The molecular formula is C19H23ClN2O2S2. The summed E-state index contributed by atoms with van der Waals surface area (Å²) in [5.74, 6) is 0.566. The lowest BCUT2D eigenvalue weighted by Gasteiger charge is -2.41. The molecule has 3 rings (SSSR count). The Hall–Kier alpha value is -1.08. The fraction of sp³-hybridized carbons (Fsp3) is 0.474. The summed E-state index contributed by atoms with van der Waals surface area (Å²) in [6, 6.07) is 7.80. The zero-order valence-electron chi connectivity index (χ0n) is 14.8. The van der Waals surface area contributed by atoms with E-state index >= 15 is 0 Å². The van der Waals surface area contributed by atoms with Gasteiger partial charge in [-0.05, 0) is 37.8 Å². The van der Waals surface area contributed by atoms with Crippen LogP contribution in [-0.4, -0.2) is 46.3 Å². The van der Waals surface area contributed by atoms with E-state index in [0.717, 1.165) is 39.9 Å². The van der Waals surface area contributed by atoms with Crippen molar-refractivity contribution in [3.05, 3.63) is 45.9 Å². The first-order chi connectivity index (χ1) is 12.5. The van der Waals surface area contributed by atoms with E-state index in [4.69, 9.17) is 11.6 Å². The third-order valence-electron chi connectivity index (χ3n) is 4.95. The van der Waals surface area contributed by atoms with Crippen molar-refractivity contribution < 1.29 is 9.90 Å². The minimum Gasteiger partial charge on any atom is -0.396 e. The highest BCUT2D eigenvalue weighted by Crippen LogP contribution is 2.36. The van der Waals surface area contributed by atoms with Gasteiger partial charge in [0, 0.05) is 41.2 Å². The second-order valence-corrected chi connectivity index (χ2v) is 9.34. The zero-order valence-corrected chi connectivity index (χ0v) is 17.2. The largest absolute Gasteiger partial charge is 0.396 e. The quantitative estimate of drug-likeness (QED) is 0.730. The number of piperidine rings is 1. The number of amides is 1. The Labute approximate surface area is 167 Å². The topological polar surface area (TPSA) is 53.4 Å². The van der Waals surface area contributed by atoms with Crippen LogP contribution in [0.4, 0.5) is 0 Å². The van der Waals surface area contributed by atoms with Gasteiger partial charge in [-0.1, -0.05) is 41.6 Å². The summed E-state index contributed by atoms with van der Waals surface area (Å²) >= 11 is 9.37. The molecule has 0 aliphatic carbocycles. The van der Waals surface area contributed by atoms with Gasteiger partial charge in [-0.15, -0.1) is 11.3 Å². The van der Waals surface area contributed by atoms with Gasteiger partial charge in [-0.2, -0.15) is 0 Å². The number of hydrogen-bond donors (Lipinski definition) is 1. The van der Waals surface area contributed by atoms with Gasteiger partial charge in [0.05, 0.1) is 5.75 Å². The maximum Gasteiger partial charge on any atom is 0.233 e. The second-order valence-electron chi connectivity index (χ2n) is 6.85. The fourth-order valence-corrected chi connectivity index (χ4v) is 5.24. The number of thioether (sulfide) groups is 1. The van der Waals surface area contributed by atoms with E-state index in [1.165, 1.54) is 11.8 Å². The molecule has 0 spiro atoms. The number of aliphatic hydroxyl groups excluding tert-OH is 1. The lowest BCUT2D eigenvalue weighted by Crippen LogP contribution is -2.46. The number of likely N-dealkylation sites (tertiary alicyclic amines) is 1. The smallest absolute Gasteiger partial charge is 0.233 e.